The number of nitrogens with zero attached hydrogens (tertiary/aromatic N) is 2. The van der Waals surface area contributed by atoms with Crippen molar-refractivity contribution in [3.8, 4) is 0 Å². The predicted molar refractivity (Wildman–Crippen MR) is 87.4 cm³/mol. The summed E-state index contributed by atoms with van der Waals surface area (Å²) in [6.07, 6.45) is -6.44. The summed E-state index contributed by atoms with van der Waals surface area (Å²) in [6, 6.07) is 1.44. The first-order chi connectivity index (χ1) is 11.7. The molecule has 0 fully saturated rings. The lowest BCUT2D eigenvalue weighted by molar-refractivity contribution is -0.153. The summed E-state index contributed by atoms with van der Waals surface area (Å²) in [5, 5.41) is 15.5. The van der Waals surface area contributed by atoms with Crippen LogP contribution in [0.1, 0.15) is 46.2 Å². The summed E-state index contributed by atoms with van der Waals surface area (Å²) in [5.41, 5.74) is -1.67. The third-order valence-electron chi connectivity index (χ3n) is 4.23. The van der Waals surface area contributed by atoms with E-state index in [1.807, 2.05) is 0 Å². The molecular weight excluding hydrogens is 355 g/mol. The molecule has 1 aromatic rings. The Morgan fingerprint density at radius 1 is 1.27 bits per heavy atom. The van der Waals surface area contributed by atoms with Gasteiger partial charge in [0.25, 0.3) is 5.91 Å². The monoisotopic (exact) mass is 379 g/mol. The Morgan fingerprint density at radius 2 is 1.85 bits per heavy atom. The topological polar surface area (TPSA) is 95.7 Å². The van der Waals surface area contributed by atoms with Gasteiger partial charge in [-0.05, 0) is 13.8 Å². The van der Waals surface area contributed by atoms with Gasteiger partial charge in [-0.1, -0.05) is 19.0 Å². The van der Waals surface area contributed by atoms with Crippen molar-refractivity contribution in [2.24, 2.45) is 0 Å². The largest absolute Gasteiger partial charge is 0.395 e. The second-order valence-corrected chi connectivity index (χ2v) is 7.20. The van der Waals surface area contributed by atoms with Crippen molar-refractivity contribution in [3.05, 3.63) is 11.8 Å². The molecule has 26 heavy (non-hydrogen) atoms. The van der Waals surface area contributed by atoms with Crippen LogP contribution in [0.15, 0.2) is 10.6 Å². The van der Waals surface area contributed by atoms with Gasteiger partial charge in [0, 0.05) is 24.9 Å². The van der Waals surface area contributed by atoms with Gasteiger partial charge >= 0.3 is 6.18 Å². The maximum atomic E-state index is 12.4. The van der Waals surface area contributed by atoms with Crippen molar-refractivity contribution < 1.29 is 32.4 Å². The Balaban J connectivity index is 2.80. The molecule has 1 aromatic heterocycles. The Hall–Kier alpha value is -2.10. The van der Waals surface area contributed by atoms with Gasteiger partial charge < -0.3 is 14.5 Å². The zero-order valence-corrected chi connectivity index (χ0v) is 15.4. The van der Waals surface area contributed by atoms with E-state index in [9.17, 15) is 27.9 Å². The van der Waals surface area contributed by atoms with Gasteiger partial charge in [0.05, 0.1) is 18.7 Å². The molecule has 1 rings (SSSR count). The van der Waals surface area contributed by atoms with Gasteiger partial charge in [-0.3, -0.25) is 14.9 Å². The number of halogens is 3. The Kier molecular flexibility index (Phi) is 6.45. The van der Waals surface area contributed by atoms with Crippen molar-refractivity contribution in [2.45, 2.75) is 57.7 Å². The van der Waals surface area contributed by atoms with Gasteiger partial charge in [-0.2, -0.15) is 13.2 Å². The average molecular weight is 379 g/mol. The number of carbonyl (C=O) groups excluding carboxylic acids is 2. The molecule has 10 heteroatoms. The standard InChI is InChI=1S/C16H24F3N3O4/c1-14(2,9-23)10-8-11(26-21-10)20-13(25)15(3,4)22(5)12(24)6-7-16(17,18)19/h8,23H,6-7,9H2,1-5H3,(H,20,25). The minimum absolute atomic E-state index is 0.00994. The van der Waals surface area contributed by atoms with Crippen molar-refractivity contribution in [1.29, 1.82) is 0 Å². The highest BCUT2D eigenvalue weighted by molar-refractivity contribution is 5.99. The zero-order chi connectivity index (χ0) is 20.3. The minimum Gasteiger partial charge on any atom is -0.395 e. The van der Waals surface area contributed by atoms with Crippen LogP contribution in [0.3, 0.4) is 0 Å². The first kappa shape index (κ1) is 21.9. The quantitative estimate of drug-likeness (QED) is 0.759. The van der Waals surface area contributed by atoms with E-state index >= 15 is 0 Å². The van der Waals surface area contributed by atoms with E-state index in [0.29, 0.717) is 5.69 Å². The van der Waals surface area contributed by atoms with E-state index in [-0.39, 0.29) is 12.5 Å². The molecule has 0 spiro atoms. The molecule has 0 atom stereocenters. The summed E-state index contributed by atoms with van der Waals surface area (Å²) in [6.45, 7) is 6.08. The number of likely N-dealkylation sites (N-methyl/N-ethyl adjacent to an activating group) is 1. The smallest absolute Gasteiger partial charge is 0.389 e. The summed E-state index contributed by atoms with van der Waals surface area (Å²) in [4.78, 5) is 25.4. The van der Waals surface area contributed by atoms with E-state index in [1.54, 1.807) is 13.8 Å². The number of hydrogen-bond acceptors (Lipinski definition) is 5. The van der Waals surface area contributed by atoms with Crippen LogP contribution < -0.4 is 5.32 Å². The first-order valence-corrected chi connectivity index (χ1v) is 7.93. The number of hydrogen-bond donors (Lipinski definition) is 2. The number of nitrogens with one attached hydrogen (secondary N) is 1. The van der Waals surface area contributed by atoms with Crippen LogP contribution in [-0.2, 0) is 15.0 Å². The fourth-order valence-corrected chi connectivity index (χ4v) is 1.88. The molecule has 2 N–H and O–H groups in total. The zero-order valence-electron chi connectivity index (χ0n) is 15.4. The lowest BCUT2D eigenvalue weighted by atomic mass is 9.91. The van der Waals surface area contributed by atoms with Crippen molar-refractivity contribution >= 4 is 17.7 Å². The van der Waals surface area contributed by atoms with Crippen LogP contribution in [0.5, 0.6) is 0 Å². The van der Waals surface area contributed by atoms with Crippen LogP contribution >= 0.6 is 0 Å². The highest BCUT2D eigenvalue weighted by atomic mass is 19.4. The average Bonchev–Trinajstić information content (AvgIpc) is 3.00. The number of aliphatic hydroxyl groups excluding tert-OH is 1. The van der Waals surface area contributed by atoms with Crippen molar-refractivity contribution in [1.82, 2.24) is 10.1 Å². The summed E-state index contributed by atoms with van der Waals surface area (Å²) >= 11 is 0. The molecular formula is C16H24F3N3O4. The Labute approximate surface area is 149 Å². The SMILES string of the molecule is CN(C(=O)CCC(F)(F)F)C(C)(C)C(=O)Nc1cc(C(C)(C)CO)no1. The van der Waals surface area contributed by atoms with Crippen LogP contribution in [-0.4, -0.2) is 52.3 Å². The molecule has 0 aliphatic rings. The second kappa shape index (κ2) is 7.65. The van der Waals surface area contributed by atoms with Crippen LogP contribution in [0.25, 0.3) is 0 Å². The van der Waals surface area contributed by atoms with Crippen molar-refractivity contribution in [3.63, 3.8) is 0 Å². The van der Waals surface area contributed by atoms with E-state index in [1.165, 1.54) is 27.0 Å². The lowest BCUT2D eigenvalue weighted by Crippen LogP contribution is -2.53. The maximum absolute atomic E-state index is 12.4. The highest BCUT2D eigenvalue weighted by Gasteiger charge is 2.37. The maximum Gasteiger partial charge on any atom is 0.389 e. The van der Waals surface area contributed by atoms with Crippen LogP contribution in [0.4, 0.5) is 19.1 Å². The minimum atomic E-state index is -4.45. The van der Waals surface area contributed by atoms with E-state index in [0.717, 1.165) is 4.90 Å². The summed E-state index contributed by atoms with van der Waals surface area (Å²) in [5.74, 6) is -1.44. The molecule has 0 unspecified atom stereocenters. The number of anilines is 1. The molecule has 0 aliphatic carbocycles. The number of aromatic nitrogens is 1. The lowest BCUT2D eigenvalue weighted by Gasteiger charge is -2.34. The van der Waals surface area contributed by atoms with E-state index in [4.69, 9.17) is 4.52 Å². The van der Waals surface area contributed by atoms with Crippen molar-refractivity contribution in [2.75, 3.05) is 19.0 Å². The number of alkyl halides is 3. The Bertz CT molecular complexity index is 653. The molecule has 2 amide bonds. The van der Waals surface area contributed by atoms with Gasteiger partial charge in [-0.25, -0.2) is 0 Å². The third kappa shape index (κ3) is 5.45. The number of carbonyl (C=O) groups is 2. The van der Waals surface area contributed by atoms with Gasteiger partial charge in [0.2, 0.25) is 11.8 Å². The van der Waals surface area contributed by atoms with Gasteiger partial charge in [-0.15, -0.1) is 0 Å². The van der Waals surface area contributed by atoms with Crippen LogP contribution in [0, 0.1) is 0 Å². The molecule has 0 saturated heterocycles. The van der Waals surface area contributed by atoms with E-state index < -0.39 is 41.8 Å². The summed E-state index contributed by atoms with van der Waals surface area (Å²) < 4.78 is 41.8. The molecule has 148 valence electrons. The number of aliphatic hydroxyl groups is 1. The number of amides is 2. The molecule has 0 radical (unpaired) electrons. The van der Waals surface area contributed by atoms with Crippen LogP contribution in [0.2, 0.25) is 0 Å². The number of rotatable bonds is 7. The van der Waals surface area contributed by atoms with E-state index in [2.05, 4.69) is 10.5 Å². The molecule has 0 saturated carbocycles. The predicted octanol–water partition coefficient (Wildman–Crippen LogP) is 2.46. The fourth-order valence-electron chi connectivity index (χ4n) is 1.88. The highest BCUT2D eigenvalue weighted by Crippen LogP contribution is 2.26. The fraction of sp³-hybridized carbons (Fsp3) is 0.688. The van der Waals surface area contributed by atoms with Gasteiger partial charge in [0.1, 0.15) is 5.54 Å². The second-order valence-electron chi connectivity index (χ2n) is 7.20. The summed E-state index contributed by atoms with van der Waals surface area (Å²) in [7, 11) is 1.26. The molecule has 0 aromatic carbocycles. The first-order valence-electron chi connectivity index (χ1n) is 7.93. The Morgan fingerprint density at radius 3 is 2.35 bits per heavy atom. The molecule has 1 heterocycles. The molecule has 0 aliphatic heterocycles. The van der Waals surface area contributed by atoms with Gasteiger partial charge in [0.15, 0.2) is 0 Å². The normalized spacial score (nSPS) is 12.8. The molecule has 7 nitrogen and oxygen atoms in total. The third-order valence-corrected chi connectivity index (χ3v) is 4.23. The molecule has 0 bridgehead atoms.